The van der Waals surface area contributed by atoms with E-state index >= 15 is 0 Å². The van der Waals surface area contributed by atoms with Crippen molar-refractivity contribution in [2.24, 2.45) is 0 Å². The molecule has 0 radical (unpaired) electrons. The van der Waals surface area contributed by atoms with E-state index in [1.807, 2.05) is 13.8 Å². The van der Waals surface area contributed by atoms with Crippen molar-refractivity contribution in [3.63, 3.8) is 0 Å². The molecule has 6 heteroatoms. The zero-order valence-electron chi connectivity index (χ0n) is 13.6. The van der Waals surface area contributed by atoms with E-state index in [0.717, 1.165) is 13.0 Å². The Labute approximate surface area is 128 Å². The molecule has 0 unspecified atom stereocenters. The van der Waals surface area contributed by atoms with Crippen LogP contribution in [0.25, 0.3) is 0 Å². The molecule has 0 aromatic heterocycles. The molecule has 1 atom stereocenters. The Kier molecular flexibility index (Phi) is 5.72. The molecule has 1 saturated heterocycles. The normalized spacial score (nSPS) is 21.9. The molecule has 0 aromatic rings. The molecule has 1 aliphatic heterocycles. The smallest absolute Gasteiger partial charge is 0.243 e. The second kappa shape index (κ2) is 6.51. The summed E-state index contributed by atoms with van der Waals surface area (Å²) in [5.74, 6) is 0.656. The van der Waals surface area contributed by atoms with Crippen molar-refractivity contribution in [2.75, 3.05) is 12.3 Å². The average molecular weight is 317 g/mol. The van der Waals surface area contributed by atoms with E-state index in [1.165, 1.54) is 6.04 Å². The number of hydrogen-bond acceptors (Lipinski definition) is 3. The number of carbonyl (C=O) groups is 2. The molecule has 0 aromatic carbocycles. The molecule has 2 amide bonds. The topological polar surface area (TPSA) is 49.4 Å². The molecule has 0 spiro atoms. The third kappa shape index (κ3) is 4.81. The predicted octanol–water partition coefficient (Wildman–Crippen LogP) is 2.53. The van der Waals surface area contributed by atoms with Crippen molar-refractivity contribution in [3.8, 4) is 0 Å². The van der Waals surface area contributed by atoms with Gasteiger partial charge >= 0.3 is 0 Å². The lowest BCUT2D eigenvalue weighted by atomic mass is 10.2. The summed E-state index contributed by atoms with van der Waals surface area (Å²) in [5.41, 5.74) is 0. The van der Waals surface area contributed by atoms with Crippen LogP contribution in [0.15, 0.2) is 0 Å². The van der Waals surface area contributed by atoms with E-state index in [2.05, 4.69) is 25.0 Å². The minimum absolute atomic E-state index is 0.00569. The number of amides is 2. The van der Waals surface area contributed by atoms with Crippen molar-refractivity contribution >= 4 is 31.7 Å². The molecule has 0 saturated carbocycles. The van der Waals surface area contributed by atoms with Crippen molar-refractivity contribution in [1.82, 2.24) is 10.2 Å². The van der Waals surface area contributed by atoms with E-state index in [-0.39, 0.29) is 22.7 Å². The molecule has 1 aliphatic rings. The highest BCUT2D eigenvalue weighted by Gasteiger charge is 2.44. The van der Waals surface area contributed by atoms with Crippen molar-refractivity contribution < 1.29 is 9.59 Å². The minimum Gasteiger partial charge on any atom is -0.354 e. The van der Waals surface area contributed by atoms with Gasteiger partial charge in [0.05, 0.1) is 4.87 Å². The Hall–Kier alpha value is -0.493. The Morgan fingerprint density at radius 3 is 2.45 bits per heavy atom. The molecule has 0 aliphatic carbocycles. The van der Waals surface area contributed by atoms with Gasteiger partial charge in [-0.05, 0) is 20.3 Å². The van der Waals surface area contributed by atoms with Gasteiger partial charge in [-0.3, -0.25) is 9.59 Å². The monoisotopic (exact) mass is 316 g/mol. The Morgan fingerprint density at radius 2 is 1.95 bits per heavy atom. The Morgan fingerprint density at radius 1 is 1.35 bits per heavy atom. The number of thioether (sulfide) groups is 1. The molecule has 116 valence electrons. The second-order valence-electron chi connectivity index (χ2n) is 7.12. The zero-order valence-corrected chi connectivity index (χ0v) is 15.4. The summed E-state index contributed by atoms with van der Waals surface area (Å²) in [6, 6.07) is 0.897. The average Bonchev–Trinajstić information content (AvgIpc) is 2.58. The predicted molar refractivity (Wildman–Crippen MR) is 88.6 cm³/mol. The van der Waals surface area contributed by atoms with Crippen LogP contribution < -0.4 is 5.32 Å². The van der Waals surface area contributed by atoms with Crippen LogP contribution in [0, 0.1) is 0 Å². The standard InChI is InChI=1S/C14H28N2O2SSi/c1-11(17)16-12(10-19-14(16,2)3)13(18)15-8-7-9-20(4,5)6/h12H,7-10H2,1-6H3,(H,15,18)/t12-/m0/s1. The van der Waals surface area contributed by atoms with Gasteiger partial charge in [0.1, 0.15) is 6.04 Å². The van der Waals surface area contributed by atoms with E-state index in [9.17, 15) is 9.59 Å². The van der Waals surface area contributed by atoms with Crippen molar-refractivity contribution in [1.29, 1.82) is 0 Å². The molecule has 1 fully saturated rings. The van der Waals surface area contributed by atoms with Crippen LogP contribution in [-0.4, -0.2) is 48.0 Å². The quantitative estimate of drug-likeness (QED) is 0.626. The van der Waals surface area contributed by atoms with Gasteiger partial charge in [0.15, 0.2) is 0 Å². The van der Waals surface area contributed by atoms with Crippen LogP contribution in [0.2, 0.25) is 25.7 Å². The van der Waals surface area contributed by atoms with Crippen molar-refractivity contribution in [3.05, 3.63) is 0 Å². The summed E-state index contributed by atoms with van der Waals surface area (Å²) in [4.78, 5) is 25.5. The highest BCUT2D eigenvalue weighted by molar-refractivity contribution is 8.00. The van der Waals surface area contributed by atoms with Gasteiger partial charge in [-0.1, -0.05) is 25.7 Å². The second-order valence-corrected chi connectivity index (χ2v) is 14.4. The van der Waals surface area contributed by atoms with Gasteiger partial charge < -0.3 is 10.2 Å². The maximum atomic E-state index is 12.3. The number of hydrogen-bond donors (Lipinski definition) is 1. The summed E-state index contributed by atoms with van der Waals surface area (Å²) in [7, 11) is -1.04. The molecule has 4 nitrogen and oxygen atoms in total. The summed E-state index contributed by atoms with van der Waals surface area (Å²) >= 11 is 1.67. The summed E-state index contributed by atoms with van der Waals surface area (Å²) in [6.45, 7) is 13.3. The lowest BCUT2D eigenvalue weighted by molar-refractivity contribution is -0.140. The lowest BCUT2D eigenvalue weighted by Crippen LogP contribution is -2.52. The van der Waals surface area contributed by atoms with Gasteiger partial charge in [-0.2, -0.15) is 0 Å². The third-order valence-corrected chi connectivity index (χ3v) is 6.77. The Balaban J connectivity index is 2.49. The van der Waals surface area contributed by atoms with Crippen LogP contribution in [0.3, 0.4) is 0 Å². The maximum absolute atomic E-state index is 12.3. The minimum atomic E-state index is -1.04. The van der Waals surface area contributed by atoms with Gasteiger partial charge in [0, 0.05) is 27.3 Å². The highest BCUT2D eigenvalue weighted by atomic mass is 32.2. The number of nitrogens with zero attached hydrogens (tertiary/aromatic N) is 1. The van der Waals surface area contributed by atoms with E-state index in [4.69, 9.17) is 0 Å². The fourth-order valence-corrected chi connectivity index (χ4v) is 5.04. The van der Waals surface area contributed by atoms with E-state index in [1.54, 1.807) is 23.6 Å². The molecule has 1 N–H and O–H groups in total. The van der Waals surface area contributed by atoms with Crippen LogP contribution in [-0.2, 0) is 9.59 Å². The zero-order chi connectivity index (χ0) is 15.6. The Bertz CT molecular complexity index is 380. The van der Waals surface area contributed by atoms with Crippen LogP contribution in [0.5, 0.6) is 0 Å². The first-order chi connectivity index (χ1) is 9.04. The molecule has 1 heterocycles. The summed E-state index contributed by atoms with van der Waals surface area (Å²) in [5, 5.41) is 3.00. The van der Waals surface area contributed by atoms with Gasteiger partial charge in [-0.25, -0.2) is 0 Å². The van der Waals surface area contributed by atoms with Gasteiger partial charge in [0.25, 0.3) is 0 Å². The number of carbonyl (C=O) groups excluding carboxylic acids is 2. The van der Waals surface area contributed by atoms with E-state index < -0.39 is 8.07 Å². The van der Waals surface area contributed by atoms with Crippen LogP contribution in [0.1, 0.15) is 27.2 Å². The van der Waals surface area contributed by atoms with Crippen LogP contribution >= 0.6 is 11.8 Å². The van der Waals surface area contributed by atoms with Crippen LogP contribution in [0.4, 0.5) is 0 Å². The first-order valence-corrected chi connectivity index (χ1v) is 12.0. The molecule has 20 heavy (non-hydrogen) atoms. The highest BCUT2D eigenvalue weighted by Crippen LogP contribution is 2.38. The third-order valence-electron chi connectivity index (χ3n) is 3.53. The fourth-order valence-electron chi connectivity index (χ4n) is 2.54. The molecular weight excluding hydrogens is 288 g/mol. The summed E-state index contributed by atoms with van der Waals surface area (Å²) < 4.78 is 0. The number of rotatable bonds is 5. The SMILES string of the molecule is CC(=O)N1[C@H](C(=O)NCCC[Si](C)(C)C)CSC1(C)C. The van der Waals surface area contributed by atoms with Gasteiger partial charge in [0.2, 0.25) is 11.8 Å². The molecule has 0 bridgehead atoms. The maximum Gasteiger partial charge on any atom is 0.243 e. The first kappa shape index (κ1) is 17.6. The van der Waals surface area contributed by atoms with Gasteiger partial charge in [-0.15, -0.1) is 11.8 Å². The molecule has 1 rings (SSSR count). The largest absolute Gasteiger partial charge is 0.354 e. The van der Waals surface area contributed by atoms with E-state index in [0.29, 0.717) is 5.75 Å². The lowest BCUT2D eigenvalue weighted by Gasteiger charge is -2.33. The number of nitrogens with one attached hydrogen (secondary N) is 1. The summed E-state index contributed by atoms with van der Waals surface area (Å²) in [6.07, 6.45) is 1.03. The first-order valence-electron chi connectivity index (χ1n) is 7.26. The fraction of sp³-hybridized carbons (Fsp3) is 0.857. The molecular formula is C14H28N2O2SSi. The van der Waals surface area contributed by atoms with Crippen molar-refractivity contribution in [2.45, 2.75) is 63.8 Å².